The number of aromatic nitrogens is 3. The number of nitrogens with zero attached hydrogens (tertiary/aromatic N) is 3. The summed E-state index contributed by atoms with van der Waals surface area (Å²) in [5.74, 6) is 1.10. The maximum absolute atomic E-state index is 4.41. The molecule has 0 spiro atoms. The van der Waals surface area contributed by atoms with Crippen LogP contribution in [0.4, 0.5) is 0 Å². The van der Waals surface area contributed by atoms with Crippen molar-refractivity contribution in [3.05, 3.63) is 12.2 Å². The Morgan fingerprint density at radius 1 is 1.28 bits per heavy atom. The smallest absolute Gasteiger partial charge is 0.138 e. The standard InChI is InChI=1S/C14H28N4/c1-6-8-15-12(14(3,4)5)10-13-16-11-17-18(13)9-7-2/h11-12,15H,6-10H2,1-5H3. The van der Waals surface area contributed by atoms with Crippen molar-refractivity contribution >= 4 is 0 Å². The van der Waals surface area contributed by atoms with Gasteiger partial charge in [-0.15, -0.1) is 0 Å². The molecule has 0 radical (unpaired) electrons. The van der Waals surface area contributed by atoms with E-state index < -0.39 is 0 Å². The molecule has 0 aromatic carbocycles. The predicted molar refractivity (Wildman–Crippen MR) is 75.6 cm³/mol. The largest absolute Gasteiger partial charge is 0.313 e. The molecule has 1 aromatic heterocycles. The van der Waals surface area contributed by atoms with Gasteiger partial charge in [-0.2, -0.15) is 5.10 Å². The monoisotopic (exact) mass is 252 g/mol. The summed E-state index contributed by atoms with van der Waals surface area (Å²) in [6, 6.07) is 0.442. The average Bonchev–Trinajstić information content (AvgIpc) is 2.71. The lowest BCUT2D eigenvalue weighted by atomic mass is 9.84. The van der Waals surface area contributed by atoms with Crippen LogP contribution in [0.15, 0.2) is 6.33 Å². The van der Waals surface area contributed by atoms with Crippen LogP contribution >= 0.6 is 0 Å². The summed E-state index contributed by atoms with van der Waals surface area (Å²) in [5, 5.41) is 7.93. The quantitative estimate of drug-likeness (QED) is 0.811. The van der Waals surface area contributed by atoms with E-state index in [4.69, 9.17) is 0 Å². The van der Waals surface area contributed by atoms with Crippen LogP contribution in [0.1, 0.15) is 53.3 Å². The molecule has 0 aliphatic rings. The number of hydrogen-bond acceptors (Lipinski definition) is 3. The topological polar surface area (TPSA) is 42.7 Å². The first-order chi connectivity index (χ1) is 8.49. The van der Waals surface area contributed by atoms with E-state index in [-0.39, 0.29) is 5.41 Å². The minimum absolute atomic E-state index is 0.234. The predicted octanol–water partition coefficient (Wildman–Crippen LogP) is 2.64. The molecular formula is C14H28N4. The first-order valence-corrected chi connectivity index (χ1v) is 7.09. The average molecular weight is 252 g/mol. The molecule has 1 aromatic rings. The van der Waals surface area contributed by atoms with Gasteiger partial charge in [0, 0.05) is 19.0 Å². The van der Waals surface area contributed by atoms with Crippen LogP contribution in [0.3, 0.4) is 0 Å². The van der Waals surface area contributed by atoms with Gasteiger partial charge in [0.1, 0.15) is 12.2 Å². The Morgan fingerprint density at radius 3 is 2.56 bits per heavy atom. The maximum atomic E-state index is 4.41. The lowest BCUT2D eigenvalue weighted by molar-refractivity contribution is 0.261. The molecule has 0 fully saturated rings. The van der Waals surface area contributed by atoms with Gasteiger partial charge in [0.25, 0.3) is 0 Å². The minimum atomic E-state index is 0.234. The van der Waals surface area contributed by atoms with Crippen molar-refractivity contribution in [3.8, 4) is 0 Å². The zero-order valence-corrected chi connectivity index (χ0v) is 12.5. The zero-order chi connectivity index (χ0) is 13.6. The summed E-state index contributed by atoms with van der Waals surface area (Å²) in [5.41, 5.74) is 0.234. The molecule has 1 rings (SSSR count). The molecule has 0 saturated carbocycles. The fourth-order valence-electron chi connectivity index (χ4n) is 2.03. The molecule has 4 heteroatoms. The normalized spacial score (nSPS) is 13.8. The van der Waals surface area contributed by atoms with Gasteiger partial charge in [-0.05, 0) is 24.8 Å². The van der Waals surface area contributed by atoms with Crippen LogP contribution in [-0.2, 0) is 13.0 Å². The molecule has 1 atom stereocenters. The van der Waals surface area contributed by atoms with E-state index in [1.807, 2.05) is 4.68 Å². The van der Waals surface area contributed by atoms with E-state index in [1.54, 1.807) is 6.33 Å². The summed E-state index contributed by atoms with van der Waals surface area (Å²) in [7, 11) is 0. The molecule has 0 bridgehead atoms. The summed E-state index contributed by atoms with van der Waals surface area (Å²) in [6.45, 7) is 13.2. The van der Waals surface area contributed by atoms with Crippen LogP contribution in [0.25, 0.3) is 0 Å². The molecule has 1 N–H and O–H groups in total. The van der Waals surface area contributed by atoms with Crippen molar-refractivity contribution in [2.75, 3.05) is 6.54 Å². The summed E-state index contributed by atoms with van der Waals surface area (Å²) in [6.07, 6.45) is 4.88. The minimum Gasteiger partial charge on any atom is -0.313 e. The lowest BCUT2D eigenvalue weighted by Gasteiger charge is -2.31. The molecule has 0 amide bonds. The number of rotatable bonds is 7. The second-order valence-corrected chi connectivity index (χ2v) is 5.98. The van der Waals surface area contributed by atoms with Gasteiger partial charge in [-0.3, -0.25) is 4.68 Å². The fourth-order valence-corrected chi connectivity index (χ4v) is 2.03. The van der Waals surface area contributed by atoms with E-state index in [0.29, 0.717) is 6.04 Å². The zero-order valence-electron chi connectivity index (χ0n) is 12.5. The third-order valence-corrected chi connectivity index (χ3v) is 3.20. The van der Waals surface area contributed by atoms with Gasteiger partial charge in [0.05, 0.1) is 0 Å². The van der Waals surface area contributed by atoms with Crippen LogP contribution in [0.5, 0.6) is 0 Å². The maximum Gasteiger partial charge on any atom is 0.138 e. The highest BCUT2D eigenvalue weighted by atomic mass is 15.3. The van der Waals surface area contributed by atoms with E-state index >= 15 is 0 Å². The molecule has 0 aliphatic heterocycles. The molecule has 4 nitrogen and oxygen atoms in total. The van der Waals surface area contributed by atoms with Crippen molar-refractivity contribution in [1.29, 1.82) is 0 Å². The van der Waals surface area contributed by atoms with E-state index in [0.717, 1.165) is 38.2 Å². The van der Waals surface area contributed by atoms with E-state index in [1.165, 1.54) is 0 Å². The van der Waals surface area contributed by atoms with Crippen LogP contribution in [0.2, 0.25) is 0 Å². The van der Waals surface area contributed by atoms with Gasteiger partial charge in [0.2, 0.25) is 0 Å². The number of nitrogens with one attached hydrogen (secondary N) is 1. The summed E-state index contributed by atoms with van der Waals surface area (Å²) >= 11 is 0. The Labute approximate surface area is 111 Å². The fraction of sp³-hybridized carbons (Fsp3) is 0.857. The molecule has 0 saturated heterocycles. The van der Waals surface area contributed by atoms with Crippen LogP contribution in [0, 0.1) is 5.41 Å². The summed E-state index contributed by atoms with van der Waals surface area (Å²) in [4.78, 5) is 4.41. The SMILES string of the molecule is CCCNC(Cc1ncnn1CCC)C(C)(C)C. The second-order valence-electron chi connectivity index (χ2n) is 5.98. The van der Waals surface area contributed by atoms with E-state index in [9.17, 15) is 0 Å². The van der Waals surface area contributed by atoms with Crippen molar-refractivity contribution in [2.24, 2.45) is 5.41 Å². The third kappa shape index (κ3) is 4.41. The Bertz CT molecular complexity index is 338. The van der Waals surface area contributed by atoms with Crippen LogP contribution in [-0.4, -0.2) is 27.4 Å². The van der Waals surface area contributed by atoms with Crippen molar-refractivity contribution in [3.63, 3.8) is 0 Å². The van der Waals surface area contributed by atoms with Gasteiger partial charge >= 0.3 is 0 Å². The first kappa shape index (κ1) is 15.2. The molecule has 18 heavy (non-hydrogen) atoms. The molecule has 0 aliphatic carbocycles. The highest BCUT2D eigenvalue weighted by Crippen LogP contribution is 2.22. The lowest BCUT2D eigenvalue weighted by Crippen LogP contribution is -2.43. The highest BCUT2D eigenvalue weighted by molar-refractivity contribution is 4.94. The van der Waals surface area contributed by atoms with Gasteiger partial charge in [0.15, 0.2) is 0 Å². The first-order valence-electron chi connectivity index (χ1n) is 7.09. The Kier molecular flexibility index (Phi) is 5.79. The van der Waals surface area contributed by atoms with Gasteiger partial charge in [-0.25, -0.2) is 4.98 Å². The van der Waals surface area contributed by atoms with E-state index in [2.05, 4.69) is 50.0 Å². The Morgan fingerprint density at radius 2 is 2.00 bits per heavy atom. The third-order valence-electron chi connectivity index (χ3n) is 3.20. The van der Waals surface area contributed by atoms with Crippen molar-refractivity contribution < 1.29 is 0 Å². The Hall–Kier alpha value is -0.900. The molecule has 1 unspecified atom stereocenters. The Balaban J connectivity index is 2.72. The molecule has 1 heterocycles. The molecular weight excluding hydrogens is 224 g/mol. The van der Waals surface area contributed by atoms with Crippen LogP contribution < -0.4 is 5.32 Å². The molecule has 104 valence electrons. The van der Waals surface area contributed by atoms with Gasteiger partial charge < -0.3 is 5.32 Å². The number of hydrogen-bond donors (Lipinski definition) is 1. The van der Waals surface area contributed by atoms with Gasteiger partial charge in [-0.1, -0.05) is 34.6 Å². The number of aryl methyl sites for hydroxylation is 1. The van der Waals surface area contributed by atoms with Crippen molar-refractivity contribution in [1.82, 2.24) is 20.1 Å². The highest BCUT2D eigenvalue weighted by Gasteiger charge is 2.25. The van der Waals surface area contributed by atoms with Crippen molar-refractivity contribution in [2.45, 2.75) is 66.5 Å². The summed E-state index contributed by atoms with van der Waals surface area (Å²) < 4.78 is 2.03. The second kappa shape index (κ2) is 6.88.